The number of carbonyl (C=O) groups is 2. The second-order valence-electron chi connectivity index (χ2n) is 5.28. The second kappa shape index (κ2) is 7.76. The topological polar surface area (TPSA) is 88.8 Å². The van der Waals surface area contributed by atoms with Gasteiger partial charge in [0.25, 0.3) is 5.91 Å². The SMILES string of the molecule is C[C@@H]([NH2+][C@@H](C(=O)NC(N)=O)c1ccccc1)c1cccc(Cl)c1. The van der Waals surface area contributed by atoms with Gasteiger partial charge >= 0.3 is 6.03 Å². The van der Waals surface area contributed by atoms with Crippen LogP contribution in [0.1, 0.15) is 30.1 Å². The van der Waals surface area contributed by atoms with Crippen molar-refractivity contribution in [2.45, 2.75) is 19.0 Å². The van der Waals surface area contributed by atoms with Crippen molar-refractivity contribution in [2.24, 2.45) is 5.73 Å². The molecule has 2 rings (SSSR count). The molecule has 120 valence electrons. The summed E-state index contributed by atoms with van der Waals surface area (Å²) in [4.78, 5) is 23.3. The number of hydrogen-bond acceptors (Lipinski definition) is 2. The third kappa shape index (κ3) is 4.81. The lowest BCUT2D eigenvalue weighted by atomic mass is 10.0. The molecule has 2 aromatic carbocycles. The summed E-state index contributed by atoms with van der Waals surface area (Å²) in [5.41, 5.74) is 6.85. The zero-order valence-corrected chi connectivity index (χ0v) is 13.5. The molecule has 5 N–H and O–H groups in total. The predicted molar refractivity (Wildman–Crippen MR) is 88.7 cm³/mol. The van der Waals surface area contributed by atoms with E-state index in [1.54, 1.807) is 6.07 Å². The molecule has 0 aliphatic rings. The molecule has 0 aliphatic heterocycles. The summed E-state index contributed by atoms with van der Waals surface area (Å²) in [6.07, 6.45) is 0. The fourth-order valence-electron chi connectivity index (χ4n) is 2.40. The molecule has 0 saturated carbocycles. The number of nitrogens with one attached hydrogen (secondary N) is 1. The fourth-order valence-corrected chi connectivity index (χ4v) is 2.60. The number of rotatable bonds is 5. The molecule has 0 saturated heterocycles. The second-order valence-corrected chi connectivity index (χ2v) is 5.71. The number of primary amides is 1. The van der Waals surface area contributed by atoms with Gasteiger partial charge in [0.05, 0.1) is 0 Å². The first-order chi connectivity index (χ1) is 11.0. The normalized spacial score (nSPS) is 13.1. The van der Waals surface area contributed by atoms with Crippen LogP contribution >= 0.6 is 11.6 Å². The van der Waals surface area contributed by atoms with Crippen LogP contribution in [-0.2, 0) is 4.79 Å². The Hall–Kier alpha value is -2.37. The van der Waals surface area contributed by atoms with E-state index in [0.717, 1.165) is 11.1 Å². The minimum absolute atomic E-state index is 0.0301. The number of hydrogen-bond donors (Lipinski definition) is 3. The summed E-state index contributed by atoms with van der Waals surface area (Å²) in [6.45, 7) is 1.97. The lowest BCUT2D eigenvalue weighted by Gasteiger charge is -2.19. The molecule has 2 atom stereocenters. The quantitative estimate of drug-likeness (QED) is 0.780. The van der Waals surface area contributed by atoms with Gasteiger partial charge in [-0.1, -0.05) is 54.1 Å². The molecule has 0 aromatic heterocycles. The Morgan fingerprint density at radius 2 is 1.74 bits per heavy atom. The van der Waals surface area contributed by atoms with Crippen molar-refractivity contribution in [3.63, 3.8) is 0 Å². The van der Waals surface area contributed by atoms with Crippen LogP contribution in [0.2, 0.25) is 5.02 Å². The Labute approximate surface area is 139 Å². The number of imide groups is 1. The van der Waals surface area contributed by atoms with E-state index in [2.05, 4.69) is 5.32 Å². The predicted octanol–water partition coefficient (Wildman–Crippen LogP) is 1.90. The van der Waals surface area contributed by atoms with Crippen LogP contribution in [0.4, 0.5) is 4.79 Å². The van der Waals surface area contributed by atoms with Crippen LogP contribution in [0.5, 0.6) is 0 Å². The largest absolute Gasteiger partial charge is 0.351 e. The fraction of sp³-hybridized carbons (Fsp3) is 0.176. The first kappa shape index (κ1) is 17.0. The van der Waals surface area contributed by atoms with Gasteiger partial charge in [-0.2, -0.15) is 0 Å². The van der Waals surface area contributed by atoms with Crippen molar-refractivity contribution < 1.29 is 14.9 Å². The number of benzene rings is 2. The maximum atomic E-state index is 12.3. The lowest BCUT2D eigenvalue weighted by Crippen LogP contribution is -2.88. The van der Waals surface area contributed by atoms with E-state index in [1.807, 2.05) is 60.8 Å². The van der Waals surface area contributed by atoms with E-state index in [1.165, 1.54) is 0 Å². The van der Waals surface area contributed by atoms with Gasteiger partial charge in [-0.25, -0.2) is 4.79 Å². The Kier molecular flexibility index (Phi) is 5.73. The summed E-state index contributed by atoms with van der Waals surface area (Å²) < 4.78 is 0. The van der Waals surface area contributed by atoms with E-state index in [9.17, 15) is 9.59 Å². The molecule has 0 unspecified atom stereocenters. The lowest BCUT2D eigenvalue weighted by molar-refractivity contribution is -0.719. The molecular formula is C17H19ClN3O2+. The highest BCUT2D eigenvalue weighted by atomic mass is 35.5. The van der Waals surface area contributed by atoms with Gasteiger partial charge in [-0.05, 0) is 19.1 Å². The zero-order chi connectivity index (χ0) is 16.8. The van der Waals surface area contributed by atoms with Gasteiger partial charge in [-0.15, -0.1) is 0 Å². The highest BCUT2D eigenvalue weighted by Gasteiger charge is 2.27. The van der Waals surface area contributed by atoms with Crippen molar-refractivity contribution in [1.29, 1.82) is 0 Å². The van der Waals surface area contributed by atoms with Crippen LogP contribution < -0.4 is 16.4 Å². The van der Waals surface area contributed by atoms with Crippen molar-refractivity contribution >= 4 is 23.5 Å². The van der Waals surface area contributed by atoms with Crippen LogP contribution in [0.15, 0.2) is 54.6 Å². The number of urea groups is 1. The van der Waals surface area contributed by atoms with Gasteiger partial charge in [0, 0.05) is 16.1 Å². The van der Waals surface area contributed by atoms with E-state index in [4.69, 9.17) is 17.3 Å². The van der Waals surface area contributed by atoms with E-state index in [-0.39, 0.29) is 6.04 Å². The molecule has 6 heteroatoms. The van der Waals surface area contributed by atoms with E-state index >= 15 is 0 Å². The monoisotopic (exact) mass is 332 g/mol. The Bertz CT molecular complexity index is 691. The zero-order valence-electron chi connectivity index (χ0n) is 12.7. The molecule has 0 fully saturated rings. The third-order valence-electron chi connectivity index (χ3n) is 3.54. The van der Waals surface area contributed by atoms with Gasteiger partial charge in [-0.3, -0.25) is 10.1 Å². The summed E-state index contributed by atoms with van der Waals surface area (Å²) in [6, 6.07) is 15.2. The molecule has 2 aromatic rings. The van der Waals surface area contributed by atoms with Gasteiger partial charge in [0.2, 0.25) is 0 Å². The molecule has 3 amide bonds. The van der Waals surface area contributed by atoms with Crippen LogP contribution in [0, 0.1) is 0 Å². The highest BCUT2D eigenvalue weighted by Crippen LogP contribution is 2.17. The highest BCUT2D eigenvalue weighted by molar-refractivity contribution is 6.30. The van der Waals surface area contributed by atoms with Gasteiger partial charge < -0.3 is 11.1 Å². The molecule has 5 nitrogen and oxygen atoms in total. The summed E-state index contributed by atoms with van der Waals surface area (Å²) in [5, 5.41) is 4.67. The van der Waals surface area contributed by atoms with Gasteiger partial charge in [0.1, 0.15) is 6.04 Å². The Morgan fingerprint density at radius 1 is 1.09 bits per heavy atom. The molecular weight excluding hydrogens is 314 g/mol. The van der Waals surface area contributed by atoms with Crippen LogP contribution in [0.3, 0.4) is 0 Å². The molecule has 23 heavy (non-hydrogen) atoms. The summed E-state index contributed by atoms with van der Waals surface area (Å²) in [7, 11) is 0. The molecule has 0 bridgehead atoms. The number of quaternary nitrogens is 1. The van der Waals surface area contributed by atoms with Crippen molar-refractivity contribution in [1.82, 2.24) is 5.32 Å². The Morgan fingerprint density at radius 3 is 2.35 bits per heavy atom. The average molecular weight is 333 g/mol. The number of carbonyl (C=O) groups excluding carboxylic acids is 2. The van der Waals surface area contributed by atoms with Crippen molar-refractivity contribution in [3.8, 4) is 0 Å². The minimum Gasteiger partial charge on any atom is -0.351 e. The van der Waals surface area contributed by atoms with Crippen LogP contribution in [0.25, 0.3) is 0 Å². The average Bonchev–Trinajstić information content (AvgIpc) is 2.52. The maximum absolute atomic E-state index is 12.3. The first-order valence-corrected chi connectivity index (χ1v) is 7.61. The summed E-state index contributed by atoms with van der Waals surface area (Å²) in [5.74, 6) is -0.447. The van der Waals surface area contributed by atoms with Crippen LogP contribution in [-0.4, -0.2) is 11.9 Å². The Balaban J connectivity index is 2.23. The van der Waals surface area contributed by atoms with Crippen molar-refractivity contribution in [3.05, 3.63) is 70.7 Å². The minimum atomic E-state index is -0.861. The molecule has 0 heterocycles. The number of amides is 3. The van der Waals surface area contributed by atoms with E-state index < -0.39 is 18.0 Å². The molecule has 0 spiro atoms. The molecule has 0 aliphatic carbocycles. The van der Waals surface area contributed by atoms with E-state index in [0.29, 0.717) is 5.02 Å². The smallest absolute Gasteiger partial charge is 0.319 e. The third-order valence-corrected chi connectivity index (χ3v) is 3.78. The van der Waals surface area contributed by atoms with Crippen molar-refractivity contribution in [2.75, 3.05) is 0 Å². The maximum Gasteiger partial charge on any atom is 0.319 e. The number of halogens is 1. The molecule has 0 radical (unpaired) electrons. The number of nitrogens with two attached hydrogens (primary N) is 2. The summed E-state index contributed by atoms with van der Waals surface area (Å²) >= 11 is 6.02. The first-order valence-electron chi connectivity index (χ1n) is 7.23. The van der Waals surface area contributed by atoms with Gasteiger partial charge in [0.15, 0.2) is 6.04 Å². The standard InChI is InChI=1S/C17H18ClN3O2/c1-11(13-8-5-9-14(18)10-13)20-15(16(22)21-17(19)23)12-6-3-2-4-7-12/h2-11,15,20H,1H3,(H3,19,21,22,23)/p+1/t11-,15-/m1/s1.